The molecule has 0 saturated heterocycles. The lowest BCUT2D eigenvalue weighted by Gasteiger charge is -2.19. The van der Waals surface area contributed by atoms with Gasteiger partial charge >= 0.3 is 0 Å². The molecule has 1 aliphatic rings. The van der Waals surface area contributed by atoms with E-state index in [0.29, 0.717) is 6.54 Å². The van der Waals surface area contributed by atoms with Gasteiger partial charge in [-0.1, -0.05) is 40.5 Å². The van der Waals surface area contributed by atoms with Crippen molar-refractivity contribution in [2.45, 2.75) is 37.1 Å². The highest BCUT2D eigenvalue weighted by atomic mass is 79.9. The Morgan fingerprint density at radius 2 is 2.06 bits per heavy atom. The van der Waals surface area contributed by atoms with Crippen molar-refractivity contribution >= 4 is 25.8 Å². The number of nitrogens with one attached hydrogen (secondary N) is 1. The van der Waals surface area contributed by atoms with Gasteiger partial charge in [0.05, 0.1) is 5.25 Å². The average molecular weight is 332 g/mol. The normalized spacial score (nSPS) is 24.3. The smallest absolute Gasteiger partial charge is 0.151 e. The van der Waals surface area contributed by atoms with Crippen LogP contribution in [0.3, 0.4) is 0 Å². The van der Waals surface area contributed by atoms with Crippen molar-refractivity contribution in [2.75, 3.05) is 6.26 Å². The molecule has 1 aliphatic carbocycles. The van der Waals surface area contributed by atoms with Crippen molar-refractivity contribution in [1.29, 1.82) is 0 Å². The molecule has 1 aromatic rings. The first-order valence-corrected chi connectivity index (χ1v) is 8.89. The number of hydrogen-bond acceptors (Lipinski definition) is 3. The van der Waals surface area contributed by atoms with Gasteiger partial charge in [0.2, 0.25) is 0 Å². The van der Waals surface area contributed by atoms with Gasteiger partial charge in [-0.05, 0) is 24.5 Å². The zero-order valence-corrected chi connectivity index (χ0v) is 12.8. The van der Waals surface area contributed by atoms with Gasteiger partial charge in [-0.25, -0.2) is 8.42 Å². The lowest BCUT2D eigenvalue weighted by molar-refractivity contribution is 0.507. The Labute approximate surface area is 117 Å². The summed E-state index contributed by atoms with van der Waals surface area (Å²) in [5, 5.41) is 3.16. The number of sulfone groups is 1. The first kappa shape index (κ1) is 14.0. The summed E-state index contributed by atoms with van der Waals surface area (Å²) >= 11 is 3.50. The van der Waals surface area contributed by atoms with Crippen LogP contribution in [0.4, 0.5) is 0 Å². The Balaban J connectivity index is 2.00. The number of hydrogen-bond donors (Lipinski definition) is 1. The third-order valence-corrected chi connectivity index (χ3v) is 5.95. The highest BCUT2D eigenvalue weighted by Crippen LogP contribution is 2.26. The van der Waals surface area contributed by atoms with Crippen LogP contribution in [-0.2, 0) is 16.4 Å². The predicted molar refractivity (Wildman–Crippen MR) is 77.3 cm³/mol. The molecule has 0 bridgehead atoms. The van der Waals surface area contributed by atoms with Crippen LogP contribution in [0.25, 0.3) is 0 Å². The molecule has 1 fully saturated rings. The highest BCUT2D eigenvalue weighted by Gasteiger charge is 2.34. The van der Waals surface area contributed by atoms with Crippen molar-refractivity contribution < 1.29 is 8.42 Å². The first-order chi connectivity index (χ1) is 8.48. The molecule has 5 heteroatoms. The molecule has 0 amide bonds. The molecule has 0 heterocycles. The molecule has 2 atom stereocenters. The Kier molecular flexibility index (Phi) is 4.45. The summed E-state index contributed by atoms with van der Waals surface area (Å²) < 4.78 is 24.4. The maximum atomic E-state index is 11.7. The molecule has 100 valence electrons. The lowest BCUT2D eigenvalue weighted by Crippen LogP contribution is -2.39. The molecule has 0 spiro atoms. The fraction of sp³-hybridized carbons (Fsp3) is 0.538. The molecular weight excluding hydrogens is 314 g/mol. The Morgan fingerprint density at radius 1 is 1.33 bits per heavy atom. The average Bonchev–Trinajstić information content (AvgIpc) is 2.76. The summed E-state index contributed by atoms with van der Waals surface area (Å²) in [6.45, 7) is 0.706. The topological polar surface area (TPSA) is 46.2 Å². The van der Waals surface area contributed by atoms with Crippen molar-refractivity contribution in [1.82, 2.24) is 5.32 Å². The molecule has 0 radical (unpaired) electrons. The van der Waals surface area contributed by atoms with Gasteiger partial charge in [0.25, 0.3) is 0 Å². The minimum absolute atomic E-state index is 0.0899. The summed E-state index contributed by atoms with van der Waals surface area (Å²) in [7, 11) is -2.94. The van der Waals surface area contributed by atoms with Crippen LogP contribution in [0.5, 0.6) is 0 Å². The summed E-state index contributed by atoms with van der Waals surface area (Å²) in [4.78, 5) is 0. The van der Waals surface area contributed by atoms with E-state index in [1.165, 1.54) is 6.26 Å². The summed E-state index contributed by atoms with van der Waals surface area (Å²) in [6.07, 6.45) is 4.07. The Morgan fingerprint density at radius 3 is 2.72 bits per heavy atom. The molecular formula is C13H18BrNO2S. The van der Waals surface area contributed by atoms with E-state index in [4.69, 9.17) is 0 Å². The van der Waals surface area contributed by atoms with Gasteiger partial charge in [0, 0.05) is 23.3 Å². The third kappa shape index (κ3) is 3.33. The minimum atomic E-state index is -2.94. The molecule has 0 aromatic heterocycles. The number of halogens is 1. The molecule has 0 aliphatic heterocycles. The zero-order valence-electron chi connectivity index (χ0n) is 10.4. The maximum absolute atomic E-state index is 11.7. The van der Waals surface area contributed by atoms with Crippen molar-refractivity contribution in [3.63, 3.8) is 0 Å². The lowest BCUT2D eigenvalue weighted by atomic mass is 10.2. The van der Waals surface area contributed by atoms with E-state index in [9.17, 15) is 8.42 Å². The van der Waals surface area contributed by atoms with Crippen LogP contribution in [0.2, 0.25) is 0 Å². The second kappa shape index (κ2) is 5.72. The van der Waals surface area contributed by atoms with Gasteiger partial charge < -0.3 is 5.32 Å². The van der Waals surface area contributed by atoms with Crippen molar-refractivity contribution in [3.8, 4) is 0 Å². The highest BCUT2D eigenvalue weighted by molar-refractivity contribution is 9.10. The molecule has 1 aromatic carbocycles. The molecule has 2 rings (SSSR count). The SMILES string of the molecule is CS(=O)(=O)C1CCCC1NCc1ccccc1Br. The summed E-state index contributed by atoms with van der Waals surface area (Å²) in [5.41, 5.74) is 1.16. The van der Waals surface area contributed by atoms with E-state index in [1.807, 2.05) is 24.3 Å². The van der Waals surface area contributed by atoms with E-state index in [0.717, 1.165) is 29.3 Å². The molecule has 1 N–H and O–H groups in total. The van der Waals surface area contributed by atoms with Gasteiger partial charge in [-0.3, -0.25) is 0 Å². The van der Waals surface area contributed by atoms with E-state index in [1.54, 1.807) is 0 Å². The zero-order chi connectivity index (χ0) is 13.2. The van der Waals surface area contributed by atoms with E-state index < -0.39 is 9.84 Å². The van der Waals surface area contributed by atoms with Gasteiger partial charge in [-0.15, -0.1) is 0 Å². The quantitative estimate of drug-likeness (QED) is 0.922. The van der Waals surface area contributed by atoms with Gasteiger partial charge in [0.15, 0.2) is 9.84 Å². The summed E-state index contributed by atoms with van der Waals surface area (Å²) in [6, 6.07) is 8.10. The second-order valence-electron chi connectivity index (χ2n) is 4.88. The molecule has 18 heavy (non-hydrogen) atoms. The van der Waals surface area contributed by atoms with Crippen LogP contribution >= 0.6 is 15.9 Å². The van der Waals surface area contributed by atoms with E-state index in [2.05, 4.69) is 21.2 Å². The van der Waals surface area contributed by atoms with Crippen LogP contribution in [0.15, 0.2) is 28.7 Å². The monoisotopic (exact) mass is 331 g/mol. The standard InChI is InChI=1S/C13H18BrNO2S/c1-18(16,17)13-8-4-7-12(13)15-9-10-5-2-3-6-11(10)14/h2-3,5-6,12-13,15H,4,7-9H2,1H3. The van der Waals surface area contributed by atoms with Crippen molar-refractivity contribution in [2.24, 2.45) is 0 Å². The fourth-order valence-corrected chi connectivity index (χ4v) is 4.40. The minimum Gasteiger partial charge on any atom is -0.309 e. The molecule has 1 saturated carbocycles. The fourth-order valence-electron chi connectivity index (χ4n) is 2.55. The first-order valence-electron chi connectivity index (χ1n) is 6.14. The van der Waals surface area contributed by atoms with Gasteiger partial charge in [0.1, 0.15) is 0 Å². The maximum Gasteiger partial charge on any atom is 0.151 e. The largest absolute Gasteiger partial charge is 0.309 e. The Hall–Kier alpha value is -0.390. The molecule has 2 unspecified atom stereocenters. The summed E-state index contributed by atoms with van der Waals surface area (Å²) in [5.74, 6) is 0. The second-order valence-corrected chi connectivity index (χ2v) is 8.00. The van der Waals surface area contributed by atoms with Gasteiger partial charge in [-0.2, -0.15) is 0 Å². The third-order valence-electron chi connectivity index (χ3n) is 3.52. The predicted octanol–water partition coefficient (Wildman–Crippen LogP) is 2.50. The van der Waals surface area contributed by atoms with E-state index in [-0.39, 0.29) is 11.3 Å². The van der Waals surface area contributed by atoms with Crippen LogP contribution in [-0.4, -0.2) is 26.0 Å². The van der Waals surface area contributed by atoms with Crippen LogP contribution in [0, 0.1) is 0 Å². The van der Waals surface area contributed by atoms with Crippen LogP contribution in [0.1, 0.15) is 24.8 Å². The van der Waals surface area contributed by atoms with Crippen LogP contribution < -0.4 is 5.32 Å². The van der Waals surface area contributed by atoms with Crippen molar-refractivity contribution in [3.05, 3.63) is 34.3 Å². The van der Waals surface area contributed by atoms with E-state index >= 15 is 0 Å². The number of benzene rings is 1. The Bertz CT molecular complexity index is 515. The number of rotatable bonds is 4. The molecule has 3 nitrogen and oxygen atoms in total.